The zero-order chi connectivity index (χ0) is 34.1. The molecular weight excluding hydrogens is 618 g/mol. The highest BCUT2D eigenvalue weighted by Crippen LogP contribution is 2.48. The fourth-order valence-corrected chi connectivity index (χ4v) is 8.17. The molecule has 1 aromatic carbocycles. The fourth-order valence-electron chi connectivity index (χ4n) is 8.17. The number of rotatable bonds is 8. The van der Waals surface area contributed by atoms with Gasteiger partial charge in [0, 0.05) is 44.3 Å². The van der Waals surface area contributed by atoms with Gasteiger partial charge in [-0.2, -0.15) is 5.10 Å². The predicted molar refractivity (Wildman–Crippen MR) is 187 cm³/mol. The lowest BCUT2D eigenvalue weighted by molar-refractivity contribution is -0.144. The lowest BCUT2D eigenvalue weighted by Crippen LogP contribution is -2.57. The number of carbonyl (C=O) groups excluding carboxylic acids is 2. The van der Waals surface area contributed by atoms with Crippen molar-refractivity contribution in [3.8, 4) is 5.75 Å². The van der Waals surface area contributed by atoms with E-state index < -0.39 is 0 Å². The van der Waals surface area contributed by atoms with E-state index in [-0.39, 0.29) is 23.3 Å². The average molecular weight is 666 g/mol. The van der Waals surface area contributed by atoms with Gasteiger partial charge in [0.1, 0.15) is 17.9 Å². The van der Waals surface area contributed by atoms with Gasteiger partial charge in [-0.1, -0.05) is 12.1 Å². The summed E-state index contributed by atoms with van der Waals surface area (Å²) in [7, 11) is 3.88. The lowest BCUT2D eigenvalue weighted by Gasteiger charge is -2.52. The van der Waals surface area contributed by atoms with Gasteiger partial charge in [-0.25, -0.2) is 14.6 Å². The maximum absolute atomic E-state index is 14.0. The molecule has 0 radical (unpaired) electrons. The summed E-state index contributed by atoms with van der Waals surface area (Å²) in [5.74, 6) is 2.07. The molecular formula is C37H47N9O3. The number of aryl methyl sites for hydroxylation is 1. The molecule has 1 aliphatic carbocycles. The third-order valence-electron chi connectivity index (χ3n) is 10.5. The number of fused-ring (bicyclic) bond motifs is 3. The third kappa shape index (κ3) is 6.46. The molecule has 0 N–H and O–H groups in total. The molecule has 258 valence electrons. The molecule has 3 aliphatic rings. The molecule has 2 fully saturated rings. The smallest absolute Gasteiger partial charge is 0.237 e. The van der Waals surface area contributed by atoms with Crippen molar-refractivity contribution in [1.82, 2.24) is 39.4 Å². The summed E-state index contributed by atoms with van der Waals surface area (Å²) in [6, 6.07) is 12.4. The maximum Gasteiger partial charge on any atom is 0.237 e. The van der Waals surface area contributed by atoms with Crippen LogP contribution in [0.3, 0.4) is 0 Å². The van der Waals surface area contributed by atoms with Gasteiger partial charge < -0.3 is 24.3 Å². The molecule has 3 aromatic heterocycles. The SMILES string of the molecule is CCOc1ccc2c(c1)CCN(C(=O)CN(C)C)[C@]21CC[C@H](C(=O)N2CCN(c3ncnc4c3cnn4Cc3cccc(C)n3)CC2)CC1. The highest BCUT2D eigenvalue weighted by molar-refractivity contribution is 5.87. The second kappa shape index (κ2) is 13.7. The first-order valence-corrected chi connectivity index (χ1v) is 17.6. The Balaban J connectivity index is 1.02. The third-order valence-corrected chi connectivity index (χ3v) is 10.5. The van der Waals surface area contributed by atoms with Crippen molar-refractivity contribution in [2.45, 2.75) is 58.0 Å². The van der Waals surface area contributed by atoms with Crippen LogP contribution >= 0.6 is 0 Å². The van der Waals surface area contributed by atoms with E-state index >= 15 is 0 Å². The number of hydrogen-bond acceptors (Lipinski definition) is 9. The van der Waals surface area contributed by atoms with E-state index in [9.17, 15) is 9.59 Å². The number of amides is 2. The average Bonchev–Trinajstić information content (AvgIpc) is 3.51. The summed E-state index contributed by atoms with van der Waals surface area (Å²) in [6.45, 7) is 8.88. The van der Waals surface area contributed by atoms with Gasteiger partial charge in [0.05, 0.1) is 42.5 Å². The number of ether oxygens (including phenoxy) is 1. The summed E-state index contributed by atoms with van der Waals surface area (Å²) in [5.41, 5.74) is 4.78. The van der Waals surface area contributed by atoms with Crippen molar-refractivity contribution in [3.63, 3.8) is 0 Å². The van der Waals surface area contributed by atoms with Crippen LogP contribution in [0.4, 0.5) is 5.82 Å². The summed E-state index contributed by atoms with van der Waals surface area (Å²) < 4.78 is 7.69. The number of likely N-dealkylation sites (N-methyl/N-ethyl adjacent to an activating group) is 1. The van der Waals surface area contributed by atoms with Gasteiger partial charge in [0.15, 0.2) is 5.65 Å². The Morgan fingerprint density at radius 1 is 1.02 bits per heavy atom. The largest absolute Gasteiger partial charge is 0.494 e. The van der Waals surface area contributed by atoms with Gasteiger partial charge in [-0.15, -0.1) is 0 Å². The topological polar surface area (TPSA) is 113 Å². The molecule has 2 amide bonds. The van der Waals surface area contributed by atoms with Crippen LogP contribution in [0.25, 0.3) is 11.0 Å². The number of pyridine rings is 1. The first kappa shape index (κ1) is 32.9. The summed E-state index contributed by atoms with van der Waals surface area (Å²) >= 11 is 0. The van der Waals surface area contributed by atoms with Crippen molar-refractivity contribution in [2.75, 3.05) is 64.9 Å². The molecule has 1 saturated heterocycles. The number of anilines is 1. The Labute approximate surface area is 288 Å². The highest BCUT2D eigenvalue weighted by Gasteiger charge is 2.48. The number of hydrogen-bond donors (Lipinski definition) is 0. The number of nitrogens with zero attached hydrogens (tertiary/aromatic N) is 9. The van der Waals surface area contributed by atoms with Gasteiger partial charge >= 0.3 is 0 Å². The van der Waals surface area contributed by atoms with Gasteiger partial charge in [-0.05, 0) is 95.4 Å². The van der Waals surface area contributed by atoms with Crippen molar-refractivity contribution < 1.29 is 14.3 Å². The van der Waals surface area contributed by atoms with Crippen LogP contribution in [0.1, 0.15) is 55.1 Å². The Hall–Kier alpha value is -4.58. The van der Waals surface area contributed by atoms with Crippen molar-refractivity contribution in [3.05, 3.63) is 71.4 Å². The van der Waals surface area contributed by atoms with Crippen LogP contribution in [0, 0.1) is 12.8 Å². The molecule has 1 spiro atoms. The monoisotopic (exact) mass is 665 g/mol. The molecule has 0 unspecified atom stereocenters. The van der Waals surface area contributed by atoms with Gasteiger partial charge in [-0.3, -0.25) is 14.6 Å². The van der Waals surface area contributed by atoms with Crippen LogP contribution in [0.15, 0.2) is 48.9 Å². The van der Waals surface area contributed by atoms with Gasteiger partial charge in [0.2, 0.25) is 11.8 Å². The number of piperazine rings is 1. The zero-order valence-electron chi connectivity index (χ0n) is 29.1. The van der Waals surface area contributed by atoms with Crippen molar-refractivity contribution in [2.24, 2.45) is 5.92 Å². The maximum atomic E-state index is 14.0. The number of aromatic nitrogens is 5. The lowest BCUT2D eigenvalue weighted by atomic mass is 9.68. The van der Waals surface area contributed by atoms with E-state index in [1.165, 1.54) is 11.1 Å². The van der Waals surface area contributed by atoms with E-state index in [4.69, 9.17) is 4.74 Å². The highest BCUT2D eigenvalue weighted by atomic mass is 16.5. The fraction of sp³-hybridized carbons (Fsp3) is 0.514. The summed E-state index contributed by atoms with van der Waals surface area (Å²) in [4.78, 5) is 49.7. The quantitative estimate of drug-likeness (QED) is 0.278. The minimum atomic E-state index is -0.390. The second-order valence-corrected chi connectivity index (χ2v) is 13.9. The minimum absolute atomic E-state index is 0.0460. The van der Waals surface area contributed by atoms with Crippen LogP contribution < -0.4 is 9.64 Å². The number of carbonyl (C=O) groups is 2. The van der Waals surface area contributed by atoms with E-state index in [1.54, 1.807) is 6.33 Å². The molecule has 1 saturated carbocycles. The molecule has 5 heterocycles. The first-order chi connectivity index (χ1) is 23.8. The molecule has 7 rings (SSSR count). The Bertz CT molecular complexity index is 1820. The first-order valence-electron chi connectivity index (χ1n) is 17.6. The number of benzene rings is 1. The zero-order valence-corrected chi connectivity index (χ0v) is 29.1. The normalized spacial score (nSPS) is 21.0. The summed E-state index contributed by atoms with van der Waals surface area (Å²) in [5, 5.41) is 5.53. The minimum Gasteiger partial charge on any atom is -0.494 e. The van der Waals surface area contributed by atoms with Crippen LogP contribution in [0.2, 0.25) is 0 Å². The summed E-state index contributed by atoms with van der Waals surface area (Å²) in [6.07, 6.45) is 7.34. The van der Waals surface area contributed by atoms with Crippen LogP contribution in [-0.2, 0) is 28.1 Å². The second-order valence-electron chi connectivity index (χ2n) is 13.9. The molecule has 2 aliphatic heterocycles. The molecule has 4 aromatic rings. The van der Waals surface area contributed by atoms with E-state index in [1.807, 2.05) is 72.9 Å². The van der Waals surface area contributed by atoms with Crippen LogP contribution in [0.5, 0.6) is 5.75 Å². The standard InChI is InChI=1S/C37H47N9O3/c1-5-49-30-9-10-32-28(21-30)13-16-45(33(47)24-42(3)4)37(32)14-11-27(12-15-37)36(48)44-19-17-43(18-20-44)34-31-22-40-46(35(31)39-25-38-34)23-29-8-6-7-26(2)41-29/h6-10,21-22,25,27H,5,11-20,23-24H2,1-4H3/t27-,37-. The Morgan fingerprint density at radius 2 is 1.82 bits per heavy atom. The van der Waals surface area contributed by atoms with E-state index in [2.05, 4.69) is 42.0 Å². The van der Waals surface area contributed by atoms with Crippen molar-refractivity contribution >= 4 is 28.7 Å². The molecule has 12 heteroatoms. The van der Waals surface area contributed by atoms with E-state index in [0.717, 1.165) is 66.1 Å². The van der Waals surface area contributed by atoms with Gasteiger partial charge in [0.25, 0.3) is 0 Å². The Morgan fingerprint density at radius 3 is 2.55 bits per heavy atom. The molecule has 49 heavy (non-hydrogen) atoms. The van der Waals surface area contributed by atoms with Crippen molar-refractivity contribution in [1.29, 1.82) is 0 Å². The van der Waals surface area contributed by atoms with E-state index in [0.29, 0.717) is 52.4 Å². The molecule has 0 bridgehead atoms. The van der Waals surface area contributed by atoms with Crippen LogP contribution in [-0.4, -0.2) is 111 Å². The molecule has 0 atom stereocenters. The molecule has 12 nitrogen and oxygen atoms in total. The Kier molecular flexibility index (Phi) is 9.23. The predicted octanol–water partition coefficient (Wildman–Crippen LogP) is 3.66.